The van der Waals surface area contributed by atoms with E-state index in [0.29, 0.717) is 0 Å². The van der Waals surface area contributed by atoms with Gasteiger partial charge in [-0.05, 0) is 13.8 Å². The zero-order valence-electron chi connectivity index (χ0n) is 7.18. The van der Waals surface area contributed by atoms with Crippen LogP contribution < -0.4 is 0 Å². The van der Waals surface area contributed by atoms with E-state index in [1.165, 1.54) is 5.57 Å². The Morgan fingerprint density at radius 1 is 1.30 bits per heavy atom. The molecule has 0 aliphatic carbocycles. The van der Waals surface area contributed by atoms with Crippen molar-refractivity contribution in [3.63, 3.8) is 0 Å². The third-order valence-corrected chi connectivity index (χ3v) is 2.92. The molecule has 2 nitrogen and oxygen atoms in total. The van der Waals surface area contributed by atoms with Gasteiger partial charge in [-0.2, -0.15) is 0 Å². The van der Waals surface area contributed by atoms with Crippen molar-refractivity contribution >= 4 is 9.28 Å². The Bertz CT molecular complexity index is 104. The molecule has 0 spiro atoms. The van der Waals surface area contributed by atoms with Crippen LogP contribution in [0.5, 0.6) is 0 Å². The number of hydrogen-bond acceptors (Lipinski definition) is 2. The van der Waals surface area contributed by atoms with Gasteiger partial charge < -0.3 is 8.85 Å². The first kappa shape index (κ1) is 9.88. The van der Waals surface area contributed by atoms with E-state index in [1.807, 2.05) is 0 Å². The Kier molecular flexibility index (Phi) is 5.58. The van der Waals surface area contributed by atoms with Crippen molar-refractivity contribution in [2.24, 2.45) is 0 Å². The summed E-state index contributed by atoms with van der Waals surface area (Å²) in [6, 6.07) is 0.968. The van der Waals surface area contributed by atoms with Crippen LogP contribution in [0.25, 0.3) is 0 Å². The second-order valence-corrected chi connectivity index (χ2v) is 4.69. The molecule has 0 aromatic heterocycles. The predicted octanol–water partition coefficient (Wildman–Crippen LogP) is 1.47. The second-order valence-electron chi connectivity index (χ2n) is 2.42. The highest BCUT2D eigenvalue weighted by Gasteiger charge is 2.05. The van der Waals surface area contributed by atoms with E-state index >= 15 is 0 Å². The topological polar surface area (TPSA) is 18.5 Å². The number of hydrogen-bond donors (Lipinski definition) is 0. The lowest BCUT2D eigenvalue weighted by atomic mass is 10.3. The molecular formula is C7H16O2Si. The molecule has 0 saturated carbocycles. The van der Waals surface area contributed by atoms with Crippen LogP contribution in [0, 0.1) is 0 Å². The van der Waals surface area contributed by atoms with Crippen molar-refractivity contribution in [1.82, 2.24) is 0 Å². The summed E-state index contributed by atoms with van der Waals surface area (Å²) < 4.78 is 10.2. The van der Waals surface area contributed by atoms with Gasteiger partial charge in [0.15, 0.2) is 0 Å². The average Bonchev–Trinajstić information content (AvgIpc) is 1.90. The Hall–Kier alpha value is -0.123. The summed E-state index contributed by atoms with van der Waals surface area (Å²) in [4.78, 5) is 0. The highest BCUT2D eigenvalue weighted by molar-refractivity contribution is 6.44. The van der Waals surface area contributed by atoms with Crippen LogP contribution in [-0.2, 0) is 8.85 Å². The maximum absolute atomic E-state index is 5.12. The van der Waals surface area contributed by atoms with E-state index in [9.17, 15) is 0 Å². The quantitative estimate of drug-likeness (QED) is 0.458. The maximum Gasteiger partial charge on any atom is 0.324 e. The minimum absolute atomic E-state index is 0.968. The molecule has 0 N–H and O–H groups in total. The summed E-state index contributed by atoms with van der Waals surface area (Å²) >= 11 is 0. The molecule has 0 atom stereocenters. The van der Waals surface area contributed by atoms with E-state index < -0.39 is 9.28 Å². The third kappa shape index (κ3) is 4.73. The van der Waals surface area contributed by atoms with Crippen molar-refractivity contribution in [3.05, 3.63) is 11.6 Å². The van der Waals surface area contributed by atoms with Crippen molar-refractivity contribution in [1.29, 1.82) is 0 Å². The van der Waals surface area contributed by atoms with Crippen LogP contribution in [-0.4, -0.2) is 23.5 Å². The summed E-state index contributed by atoms with van der Waals surface area (Å²) in [5, 5.41) is 0. The van der Waals surface area contributed by atoms with Gasteiger partial charge in [0.25, 0.3) is 0 Å². The summed E-state index contributed by atoms with van der Waals surface area (Å²) in [6.45, 7) is 4.16. The minimum atomic E-state index is -1.32. The van der Waals surface area contributed by atoms with Crippen LogP contribution in [0.4, 0.5) is 0 Å². The normalized spacial score (nSPS) is 10.1. The fourth-order valence-corrected chi connectivity index (χ4v) is 1.86. The van der Waals surface area contributed by atoms with Crippen molar-refractivity contribution in [3.8, 4) is 0 Å². The molecule has 0 bridgehead atoms. The molecule has 3 heteroatoms. The molecule has 0 heterocycles. The molecule has 0 saturated heterocycles. The Morgan fingerprint density at radius 2 is 1.80 bits per heavy atom. The monoisotopic (exact) mass is 160 g/mol. The standard InChI is InChI=1S/C7H16O2Si/c1-7(2)5-6-10(8-3)9-4/h5,10H,6H2,1-4H3. The van der Waals surface area contributed by atoms with E-state index in [1.54, 1.807) is 14.2 Å². The summed E-state index contributed by atoms with van der Waals surface area (Å²) in [5.41, 5.74) is 1.33. The van der Waals surface area contributed by atoms with Crippen molar-refractivity contribution < 1.29 is 8.85 Å². The van der Waals surface area contributed by atoms with Crippen LogP contribution in [0.2, 0.25) is 6.04 Å². The Labute approximate surface area is 64.7 Å². The summed E-state index contributed by atoms with van der Waals surface area (Å²) in [5.74, 6) is 0. The summed E-state index contributed by atoms with van der Waals surface area (Å²) in [6.07, 6.45) is 2.16. The first-order valence-corrected chi connectivity index (χ1v) is 5.15. The van der Waals surface area contributed by atoms with Gasteiger partial charge in [-0.1, -0.05) is 11.6 Å². The van der Waals surface area contributed by atoms with Gasteiger partial charge in [0, 0.05) is 20.3 Å². The van der Waals surface area contributed by atoms with Gasteiger partial charge in [-0.15, -0.1) is 0 Å². The van der Waals surface area contributed by atoms with E-state index in [-0.39, 0.29) is 0 Å². The van der Waals surface area contributed by atoms with Gasteiger partial charge >= 0.3 is 9.28 Å². The third-order valence-electron chi connectivity index (χ3n) is 1.24. The SMILES string of the molecule is CO[SiH](CC=C(C)C)OC. The van der Waals surface area contributed by atoms with Crippen LogP contribution in [0.15, 0.2) is 11.6 Å². The molecule has 0 aliphatic heterocycles. The summed E-state index contributed by atoms with van der Waals surface area (Å²) in [7, 11) is 2.09. The van der Waals surface area contributed by atoms with E-state index in [4.69, 9.17) is 8.85 Å². The molecular weight excluding hydrogens is 144 g/mol. The molecule has 0 aromatic carbocycles. The molecule has 0 unspecified atom stereocenters. The van der Waals surface area contributed by atoms with Gasteiger partial charge in [0.2, 0.25) is 0 Å². The molecule has 0 rings (SSSR count). The second kappa shape index (κ2) is 5.65. The van der Waals surface area contributed by atoms with E-state index in [0.717, 1.165) is 6.04 Å². The maximum atomic E-state index is 5.12. The van der Waals surface area contributed by atoms with Crippen LogP contribution >= 0.6 is 0 Å². The first-order valence-electron chi connectivity index (χ1n) is 3.39. The fraction of sp³-hybridized carbons (Fsp3) is 0.714. The lowest BCUT2D eigenvalue weighted by Crippen LogP contribution is -2.17. The molecule has 0 aromatic rings. The van der Waals surface area contributed by atoms with Gasteiger partial charge in [0.1, 0.15) is 0 Å². The smallest absolute Gasteiger partial charge is 0.324 e. The molecule has 0 fully saturated rings. The Balaban J connectivity index is 3.54. The number of rotatable bonds is 4. The fourth-order valence-electron chi connectivity index (χ4n) is 0.621. The largest absolute Gasteiger partial charge is 0.400 e. The van der Waals surface area contributed by atoms with E-state index in [2.05, 4.69) is 19.9 Å². The van der Waals surface area contributed by atoms with Gasteiger partial charge in [-0.3, -0.25) is 0 Å². The van der Waals surface area contributed by atoms with Gasteiger partial charge in [0.05, 0.1) is 0 Å². The number of allylic oxidation sites excluding steroid dienone is 2. The Morgan fingerprint density at radius 3 is 2.10 bits per heavy atom. The highest BCUT2D eigenvalue weighted by Crippen LogP contribution is 1.99. The zero-order valence-corrected chi connectivity index (χ0v) is 8.33. The minimum Gasteiger partial charge on any atom is -0.400 e. The van der Waals surface area contributed by atoms with Crippen LogP contribution in [0.1, 0.15) is 13.8 Å². The average molecular weight is 160 g/mol. The molecule has 0 radical (unpaired) electrons. The molecule has 60 valence electrons. The lowest BCUT2D eigenvalue weighted by Gasteiger charge is -2.07. The lowest BCUT2D eigenvalue weighted by molar-refractivity contribution is 0.281. The zero-order chi connectivity index (χ0) is 7.98. The van der Waals surface area contributed by atoms with Crippen LogP contribution in [0.3, 0.4) is 0 Å². The first-order chi connectivity index (χ1) is 4.70. The molecule has 0 aliphatic rings. The molecule has 10 heavy (non-hydrogen) atoms. The predicted molar refractivity (Wildman–Crippen MR) is 45.4 cm³/mol. The highest BCUT2D eigenvalue weighted by atomic mass is 28.3. The van der Waals surface area contributed by atoms with Crippen molar-refractivity contribution in [2.75, 3.05) is 14.2 Å². The van der Waals surface area contributed by atoms with Crippen molar-refractivity contribution in [2.45, 2.75) is 19.9 Å². The van der Waals surface area contributed by atoms with Gasteiger partial charge in [-0.25, -0.2) is 0 Å². The molecule has 0 amide bonds.